The highest BCUT2D eigenvalue weighted by molar-refractivity contribution is 8.14. The molecule has 0 aliphatic heterocycles. The Labute approximate surface area is 202 Å². The second-order valence-corrected chi connectivity index (χ2v) is 8.34. The molecule has 0 aliphatic rings. The van der Waals surface area contributed by atoms with Gasteiger partial charge < -0.3 is 18.9 Å². The lowest BCUT2D eigenvalue weighted by atomic mass is 10.1. The third-order valence-corrected chi connectivity index (χ3v) is 6.15. The number of nitrogens with one attached hydrogen (secondary N) is 2. The van der Waals surface area contributed by atoms with E-state index in [2.05, 4.69) is 9.66 Å². The van der Waals surface area contributed by atoms with Crippen LogP contribution in [0.2, 0.25) is 0 Å². The maximum absolute atomic E-state index is 12.7. The summed E-state index contributed by atoms with van der Waals surface area (Å²) in [4.78, 5) is 31.4. The van der Waals surface area contributed by atoms with E-state index in [-0.39, 0.29) is 11.8 Å². The Bertz CT molecular complexity index is 887. The highest BCUT2D eigenvalue weighted by Crippen LogP contribution is 2.26. The summed E-state index contributed by atoms with van der Waals surface area (Å²) in [7, 11) is 9.28. The Morgan fingerprint density at radius 1 is 0.727 bits per heavy atom. The Morgan fingerprint density at radius 3 is 1.45 bits per heavy atom. The van der Waals surface area contributed by atoms with Gasteiger partial charge in [0, 0.05) is 14.1 Å². The van der Waals surface area contributed by atoms with Crippen molar-refractivity contribution in [1.82, 2.24) is 19.7 Å². The number of hydrazine groups is 2. The molecule has 0 bridgehead atoms. The van der Waals surface area contributed by atoms with Crippen molar-refractivity contribution >= 4 is 35.7 Å². The fraction of sp³-hybridized carbons (Fsp3) is 0.333. The van der Waals surface area contributed by atoms with Gasteiger partial charge in [-0.2, -0.15) is 9.66 Å². The molecule has 180 valence electrons. The molecule has 0 aliphatic carbocycles. The summed E-state index contributed by atoms with van der Waals surface area (Å²) in [6.45, 7) is 0. The first kappa shape index (κ1) is 26.5. The van der Waals surface area contributed by atoms with Gasteiger partial charge in [-0.05, 0) is 60.3 Å². The fourth-order valence-electron chi connectivity index (χ4n) is 2.68. The van der Waals surface area contributed by atoms with Crippen molar-refractivity contribution in [3.8, 4) is 23.0 Å². The Hall–Kier alpha value is -2.80. The Balaban J connectivity index is 1.84. The summed E-state index contributed by atoms with van der Waals surface area (Å²) in [5.74, 6) is 1.44. The molecule has 0 fully saturated rings. The zero-order valence-electron chi connectivity index (χ0n) is 19.3. The number of amides is 2. The van der Waals surface area contributed by atoms with Crippen LogP contribution >= 0.6 is 23.9 Å². The lowest BCUT2D eigenvalue weighted by Gasteiger charge is -2.21. The molecule has 0 unspecified atom stereocenters. The van der Waals surface area contributed by atoms with Crippen molar-refractivity contribution < 1.29 is 28.5 Å². The average molecular weight is 497 g/mol. The quantitative estimate of drug-likeness (QED) is 0.197. The minimum atomic E-state index is -0.284. The number of benzene rings is 2. The molecular weight excluding hydrogens is 468 g/mol. The maximum Gasteiger partial charge on any atom is 0.272 e. The van der Waals surface area contributed by atoms with E-state index in [4.69, 9.17) is 18.9 Å². The molecule has 0 radical (unpaired) electrons. The van der Waals surface area contributed by atoms with Crippen LogP contribution in [0.3, 0.4) is 0 Å². The predicted molar refractivity (Wildman–Crippen MR) is 130 cm³/mol. The van der Waals surface area contributed by atoms with Crippen LogP contribution in [0.15, 0.2) is 36.4 Å². The van der Waals surface area contributed by atoms with Crippen molar-refractivity contribution in [3.05, 3.63) is 47.5 Å². The molecule has 2 aromatic rings. The molecule has 0 heterocycles. The van der Waals surface area contributed by atoms with Gasteiger partial charge >= 0.3 is 0 Å². The van der Waals surface area contributed by atoms with Crippen LogP contribution in [0.4, 0.5) is 0 Å². The van der Waals surface area contributed by atoms with Crippen LogP contribution < -0.4 is 28.6 Å². The van der Waals surface area contributed by atoms with Gasteiger partial charge in [0.15, 0.2) is 0 Å². The van der Waals surface area contributed by atoms with Gasteiger partial charge in [0.2, 0.25) is 0 Å². The first-order valence-corrected chi connectivity index (χ1v) is 11.6. The van der Waals surface area contributed by atoms with Crippen LogP contribution in [0, 0.1) is 0 Å². The van der Waals surface area contributed by atoms with Gasteiger partial charge in [0.25, 0.3) is 11.8 Å². The lowest BCUT2D eigenvalue weighted by Crippen LogP contribution is -2.37. The molecule has 2 rings (SSSR count). The van der Waals surface area contributed by atoms with E-state index in [9.17, 15) is 9.59 Å². The lowest BCUT2D eigenvalue weighted by molar-refractivity contribution is 0.0761. The second-order valence-electron chi connectivity index (χ2n) is 6.45. The summed E-state index contributed by atoms with van der Waals surface area (Å²) in [5, 5.41) is 3.18. The molecule has 0 saturated heterocycles. The zero-order valence-corrected chi connectivity index (χ0v) is 21.0. The first-order valence-electron chi connectivity index (χ1n) is 9.61. The van der Waals surface area contributed by atoms with Gasteiger partial charge in [-0.25, -0.2) is 0 Å². The normalized spacial score (nSPS) is 10.4. The van der Waals surface area contributed by atoms with E-state index in [0.29, 0.717) is 39.2 Å². The standard InChI is InChI=1S/C21H28N4O6S2/c1-24(20(26)16-11-14(28-3)7-9-18(16)30-5)22-32-13-33-23-25(2)21(27)17-12-15(29-4)8-10-19(17)31-6/h7-12,22-23H,13H2,1-6H3. The molecule has 2 aromatic carbocycles. The van der Waals surface area contributed by atoms with Crippen molar-refractivity contribution in [3.63, 3.8) is 0 Å². The van der Waals surface area contributed by atoms with Crippen LogP contribution in [0.25, 0.3) is 0 Å². The molecular formula is C21H28N4O6S2. The zero-order chi connectivity index (χ0) is 24.4. The number of methoxy groups -OCH3 is 4. The molecule has 12 heteroatoms. The fourth-order valence-corrected chi connectivity index (χ4v) is 3.89. The average Bonchev–Trinajstić information content (AvgIpc) is 2.86. The number of nitrogens with zero attached hydrogens (tertiary/aromatic N) is 2. The third-order valence-electron chi connectivity index (χ3n) is 4.40. The third kappa shape index (κ3) is 7.09. The van der Waals surface area contributed by atoms with Gasteiger partial charge in [-0.15, -0.1) is 0 Å². The van der Waals surface area contributed by atoms with Crippen molar-refractivity contribution in [1.29, 1.82) is 0 Å². The summed E-state index contributed by atoms with van der Waals surface area (Å²) in [6, 6.07) is 10.0. The Kier molecular flexibility index (Phi) is 10.5. The molecule has 33 heavy (non-hydrogen) atoms. The minimum absolute atomic E-state index is 0.284. The molecule has 2 amide bonds. The summed E-state index contributed by atoms with van der Waals surface area (Å²) in [5.41, 5.74) is 0.742. The second kappa shape index (κ2) is 13.0. The van der Waals surface area contributed by atoms with Crippen LogP contribution in [0.5, 0.6) is 23.0 Å². The van der Waals surface area contributed by atoms with E-state index in [1.807, 2.05) is 0 Å². The maximum atomic E-state index is 12.7. The largest absolute Gasteiger partial charge is 0.497 e. The van der Waals surface area contributed by atoms with E-state index in [0.717, 1.165) is 0 Å². The summed E-state index contributed by atoms with van der Waals surface area (Å²) >= 11 is 2.54. The number of rotatable bonds is 12. The summed E-state index contributed by atoms with van der Waals surface area (Å²) in [6.07, 6.45) is 0. The summed E-state index contributed by atoms with van der Waals surface area (Å²) < 4.78 is 20.9. The van der Waals surface area contributed by atoms with Crippen LogP contribution in [-0.4, -0.2) is 69.5 Å². The van der Waals surface area contributed by atoms with Gasteiger partial charge in [0.05, 0.1) is 44.7 Å². The van der Waals surface area contributed by atoms with Crippen LogP contribution in [-0.2, 0) is 0 Å². The monoisotopic (exact) mass is 496 g/mol. The Morgan fingerprint density at radius 2 is 1.12 bits per heavy atom. The number of ether oxygens (including phenoxy) is 4. The minimum Gasteiger partial charge on any atom is -0.497 e. The van der Waals surface area contributed by atoms with E-state index >= 15 is 0 Å². The number of carbonyl (C=O) groups is 2. The van der Waals surface area contributed by atoms with Gasteiger partial charge in [-0.1, -0.05) is 0 Å². The topological polar surface area (TPSA) is 102 Å². The molecule has 0 saturated carbocycles. The molecule has 0 atom stereocenters. The number of carbonyl (C=O) groups excluding carboxylic acids is 2. The predicted octanol–water partition coefficient (Wildman–Crippen LogP) is 2.83. The van der Waals surface area contributed by atoms with E-state index in [1.165, 1.54) is 62.4 Å². The SMILES string of the molecule is COc1ccc(OC)c(C(=O)N(C)NSCSNN(C)C(=O)c2cc(OC)ccc2OC)c1. The van der Waals surface area contributed by atoms with E-state index in [1.54, 1.807) is 50.5 Å². The van der Waals surface area contributed by atoms with Gasteiger partial charge in [0.1, 0.15) is 23.0 Å². The van der Waals surface area contributed by atoms with Crippen molar-refractivity contribution in [2.45, 2.75) is 0 Å². The highest BCUT2D eigenvalue weighted by Gasteiger charge is 2.19. The van der Waals surface area contributed by atoms with E-state index < -0.39 is 0 Å². The highest BCUT2D eigenvalue weighted by atomic mass is 32.2. The number of hydrogen-bond acceptors (Lipinski definition) is 10. The number of hydrogen-bond donors (Lipinski definition) is 2. The molecule has 10 nitrogen and oxygen atoms in total. The smallest absolute Gasteiger partial charge is 0.272 e. The first-order chi connectivity index (χ1) is 15.9. The molecule has 2 N–H and O–H groups in total. The van der Waals surface area contributed by atoms with Gasteiger partial charge in [-0.3, -0.25) is 19.6 Å². The van der Waals surface area contributed by atoms with Crippen molar-refractivity contribution in [2.24, 2.45) is 0 Å². The molecule has 0 aromatic heterocycles. The van der Waals surface area contributed by atoms with Crippen LogP contribution in [0.1, 0.15) is 20.7 Å². The van der Waals surface area contributed by atoms with Crippen molar-refractivity contribution in [2.75, 3.05) is 47.6 Å². The molecule has 0 spiro atoms.